The summed E-state index contributed by atoms with van der Waals surface area (Å²) in [6.07, 6.45) is 2.27. The molecule has 0 spiro atoms. The third-order valence-electron chi connectivity index (χ3n) is 1.43. The molecule has 0 aromatic carbocycles. The summed E-state index contributed by atoms with van der Waals surface area (Å²) in [6.45, 7) is 5.23. The minimum atomic E-state index is -0.837. The molecule has 0 saturated heterocycles. The van der Waals surface area contributed by atoms with Crippen LogP contribution in [0.5, 0.6) is 0 Å². The first-order valence-corrected chi connectivity index (χ1v) is 4.22. The Kier molecular flexibility index (Phi) is 5.79. The minimum absolute atomic E-state index is 0.159. The Balaban J connectivity index is 4.58. The van der Waals surface area contributed by atoms with Gasteiger partial charge >= 0.3 is 11.7 Å². The maximum Gasteiger partial charge on any atom is 0.505 e. The highest BCUT2D eigenvalue weighted by Gasteiger charge is 2.29. The third kappa shape index (κ3) is 3.72. The molecule has 1 N–H and O–H groups in total. The fraction of sp³-hybridized carbons (Fsp3) is 0.444. The normalized spacial score (nSPS) is 11.1. The van der Waals surface area contributed by atoms with Gasteiger partial charge in [-0.25, -0.2) is 4.79 Å². The molecule has 0 aliphatic carbocycles. The number of aliphatic hydroxyl groups excluding tert-OH is 1. The SMILES string of the molecule is C=CCCC(O)=C([N+]#N)C(=O)OCC. The zero-order valence-corrected chi connectivity index (χ0v) is 8.06. The molecule has 14 heavy (non-hydrogen) atoms. The number of allylic oxidation sites excluding steroid dienone is 2. The Bertz CT molecular complexity index is 289. The molecule has 0 amide bonds. The van der Waals surface area contributed by atoms with Crippen molar-refractivity contribution in [3.8, 4) is 0 Å². The summed E-state index contributed by atoms with van der Waals surface area (Å²) in [4.78, 5) is 13.7. The van der Waals surface area contributed by atoms with E-state index < -0.39 is 11.7 Å². The largest absolute Gasteiger partial charge is 0.505 e. The van der Waals surface area contributed by atoms with Crippen LogP contribution in [0, 0.1) is 5.39 Å². The van der Waals surface area contributed by atoms with E-state index in [1.807, 2.05) is 0 Å². The second-order valence-electron chi connectivity index (χ2n) is 2.44. The van der Waals surface area contributed by atoms with Gasteiger partial charge in [-0.3, -0.25) is 0 Å². The number of esters is 1. The van der Waals surface area contributed by atoms with Crippen molar-refractivity contribution in [1.82, 2.24) is 0 Å². The number of aliphatic hydroxyl groups is 1. The smallest absolute Gasteiger partial charge is 0.505 e. The summed E-state index contributed by atoms with van der Waals surface area (Å²) in [5.41, 5.74) is -0.450. The molecule has 0 radical (unpaired) electrons. The van der Waals surface area contributed by atoms with Crippen LogP contribution >= 0.6 is 0 Å². The molecule has 0 saturated carbocycles. The quantitative estimate of drug-likeness (QED) is 0.241. The van der Waals surface area contributed by atoms with Gasteiger partial charge in [-0.1, -0.05) is 6.08 Å². The third-order valence-corrected chi connectivity index (χ3v) is 1.43. The summed E-state index contributed by atoms with van der Waals surface area (Å²) in [7, 11) is 0. The molecular weight excluding hydrogens is 184 g/mol. The first-order valence-electron chi connectivity index (χ1n) is 4.22. The van der Waals surface area contributed by atoms with Gasteiger partial charge in [0.1, 0.15) is 0 Å². The van der Waals surface area contributed by atoms with Crippen LogP contribution in [0.1, 0.15) is 19.8 Å². The zero-order valence-electron chi connectivity index (χ0n) is 8.06. The van der Waals surface area contributed by atoms with Gasteiger partial charge in [0.05, 0.1) is 6.61 Å². The molecule has 5 nitrogen and oxygen atoms in total. The van der Waals surface area contributed by atoms with E-state index in [1.165, 1.54) is 0 Å². The number of nitrogens with zero attached hydrogens (tertiary/aromatic N) is 2. The summed E-state index contributed by atoms with van der Waals surface area (Å²) in [6, 6.07) is 0. The lowest BCUT2D eigenvalue weighted by Crippen LogP contribution is -2.07. The number of carbonyl (C=O) groups excluding carboxylic acids is 1. The van der Waals surface area contributed by atoms with Crippen molar-refractivity contribution in [2.24, 2.45) is 0 Å². The van der Waals surface area contributed by atoms with E-state index in [0.717, 1.165) is 0 Å². The average Bonchev–Trinajstić information content (AvgIpc) is 2.16. The topological polar surface area (TPSA) is 74.7 Å². The molecule has 0 aromatic rings. The fourth-order valence-corrected chi connectivity index (χ4v) is 0.773. The molecular formula is C9H13N2O3+. The van der Waals surface area contributed by atoms with E-state index >= 15 is 0 Å². The molecule has 5 heteroatoms. The molecule has 0 unspecified atom stereocenters. The van der Waals surface area contributed by atoms with Crippen LogP contribution in [0.25, 0.3) is 4.98 Å². The highest BCUT2D eigenvalue weighted by Crippen LogP contribution is 2.11. The number of hydrogen-bond donors (Lipinski definition) is 1. The van der Waals surface area contributed by atoms with Gasteiger partial charge in [-0.05, 0) is 13.3 Å². The lowest BCUT2D eigenvalue weighted by atomic mass is 10.2. The number of carbonyl (C=O) groups is 1. The van der Waals surface area contributed by atoms with Crippen molar-refractivity contribution < 1.29 is 14.6 Å². The van der Waals surface area contributed by atoms with Crippen LogP contribution in [0.4, 0.5) is 0 Å². The molecule has 76 valence electrons. The molecule has 0 aliphatic rings. The number of diazo groups is 1. The lowest BCUT2D eigenvalue weighted by Gasteiger charge is -1.95. The van der Waals surface area contributed by atoms with E-state index in [0.29, 0.717) is 6.42 Å². The standard InChI is InChI=1S/C9H12N2O3/c1-3-5-6-7(12)8(11-10)9(13)14-4-2/h3H,1,4-6H2,2H3/p+1. The van der Waals surface area contributed by atoms with Crippen LogP contribution in [0.15, 0.2) is 24.1 Å². The maximum absolute atomic E-state index is 11.1. The summed E-state index contributed by atoms with van der Waals surface area (Å²) >= 11 is 0. The van der Waals surface area contributed by atoms with E-state index in [1.54, 1.807) is 13.0 Å². The Morgan fingerprint density at radius 2 is 2.36 bits per heavy atom. The Labute approximate surface area is 82.3 Å². The fourth-order valence-electron chi connectivity index (χ4n) is 0.773. The van der Waals surface area contributed by atoms with Gasteiger partial charge in [-0.2, -0.15) is 0 Å². The molecule has 0 aromatic heterocycles. The Hall–Kier alpha value is -1.83. The maximum atomic E-state index is 11.1. The summed E-state index contributed by atoms with van der Waals surface area (Å²) in [5, 5.41) is 17.8. The van der Waals surface area contributed by atoms with Crippen molar-refractivity contribution in [3.63, 3.8) is 0 Å². The zero-order chi connectivity index (χ0) is 11.0. The summed E-state index contributed by atoms with van der Waals surface area (Å²) in [5.74, 6) is -1.14. The number of ether oxygens (including phenoxy) is 1. The van der Waals surface area contributed by atoms with Gasteiger partial charge in [0.15, 0.2) is 10.7 Å². The predicted octanol–water partition coefficient (Wildman–Crippen LogP) is 2.14. The first kappa shape index (κ1) is 12.2. The molecule has 0 fully saturated rings. The van der Waals surface area contributed by atoms with Gasteiger partial charge in [0.25, 0.3) is 0 Å². The second kappa shape index (κ2) is 6.66. The van der Waals surface area contributed by atoms with E-state index in [9.17, 15) is 9.90 Å². The van der Waals surface area contributed by atoms with Crippen molar-refractivity contribution in [2.75, 3.05) is 6.61 Å². The highest BCUT2D eigenvalue weighted by molar-refractivity contribution is 5.90. The van der Waals surface area contributed by atoms with Crippen LogP contribution < -0.4 is 0 Å². The van der Waals surface area contributed by atoms with Gasteiger partial charge in [0.2, 0.25) is 5.39 Å². The Morgan fingerprint density at radius 3 is 2.79 bits per heavy atom. The highest BCUT2D eigenvalue weighted by atomic mass is 16.5. The van der Waals surface area contributed by atoms with E-state index in [-0.39, 0.29) is 18.8 Å². The van der Waals surface area contributed by atoms with Crippen LogP contribution in [0.3, 0.4) is 0 Å². The monoisotopic (exact) mass is 197 g/mol. The summed E-state index contributed by atoms with van der Waals surface area (Å²) < 4.78 is 4.56. The molecule has 0 atom stereocenters. The van der Waals surface area contributed by atoms with Gasteiger partial charge in [0, 0.05) is 6.42 Å². The molecule has 0 rings (SSSR count). The van der Waals surface area contributed by atoms with Gasteiger partial charge in [-0.15, -0.1) is 6.58 Å². The average molecular weight is 197 g/mol. The molecule has 0 bridgehead atoms. The minimum Gasteiger partial charge on any atom is -0.505 e. The van der Waals surface area contributed by atoms with Gasteiger partial charge < -0.3 is 9.84 Å². The van der Waals surface area contributed by atoms with E-state index in [4.69, 9.17) is 5.39 Å². The Morgan fingerprint density at radius 1 is 1.71 bits per heavy atom. The molecule has 0 aliphatic heterocycles. The van der Waals surface area contributed by atoms with Crippen LogP contribution in [-0.4, -0.2) is 17.7 Å². The molecule has 0 heterocycles. The van der Waals surface area contributed by atoms with Crippen molar-refractivity contribution in [1.29, 1.82) is 5.39 Å². The number of hydrogen-bond acceptors (Lipinski definition) is 4. The van der Waals surface area contributed by atoms with Crippen molar-refractivity contribution in [3.05, 3.63) is 29.1 Å². The van der Waals surface area contributed by atoms with Crippen molar-refractivity contribution >= 4 is 5.97 Å². The lowest BCUT2D eigenvalue weighted by molar-refractivity contribution is -0.138. The van der Waals surface area contributed by atoms with Crippen LogP contribution in [0.2, 0.25) is 0 Å². The van der Waals surface area contributed by atoms with Crippen LogP contribution in [-0.2, 0) is 9.53 Å². The van der Waals surface area contributed by atoms with Crippen molar-refractivity contribution in [2.45, 2.75) is 19.8 Å². The second-order valence-corrected chi connectivity index (χ2v) is 2.44. The predicted molar refractivity (Wildman–Crippen MR) is 50.8 cm³/mol. The number of rotatable bonds is 5. The van der Waals surface area contributed by atoms with E-state index in [2.05, 4.69) is 16.3 Å². The first-order chi connectivity index (χ1) is 6.67.